The van der Waals surface area contributed by atoms with Crippen molar-refractivity contribution in [2.45, 2.75) is 32.1 Å². The number of fused-ring (bicyclic) bond motifs is 2. The van der Waals surface area contributed by atoms with Crippen LogP contribution in [0.25, 0.3) is 10.8 Å². The van der Waals surface area contributed by atoms with Crippen molar-refractivity contribution in [1.29, 1.82) is 0 Å². The number of anilines is 1. The van der Waals surface area contributed by atoms with Gasteiger partial charge in [-0.2, -0.15) is 0 Å². The molecule has 2 aromatic carbocycles. The van der Waals surface area contributed by atoms with Gasteiger partial charge in [0.1, 0.15) is 5.75 Å². The number of rotatable bonds is 4. The molecule has 0 aromatic heterocycles. The molecule has 0 radical (unpaired) electrons. The summed E-state index contributed by atoms with van der Waals surface area (Å²) in [7, 11) is 0. The van der Waals surface area contributed by atoms with Crippen LogP contribution in [0.15, 0.2) is 36.4 Å². The lowest BCUT2D eigenvalue weighted by Crippen LogP contribution is -2.34. The van der Waals surface area contributed by atoms with E-state index in [-0.39, 0.29) is 48.3 Å². The first-order valence-corrected chi connectivity index (χ1v) is 9.42. The van der Waals surface area contributed by atoms with Crippen molar-refractivity contribution in [1.82, 2.24) is 4.90 Å². The SMILES string of the molecule is O=C(CCN1C(=O)[C@H]2CCCC[C@@H]2C1=O)Nc1c(O)ccc2ccccc12. The van der Waals surface area contributed by atoms with Crippen LogP contribution < -0.4 is 5.32 Å². The fourth-order valence-corrected chi connectivity index (χ4v) is 4.26. The second-order valence-corrected chi connectivity index (χ2v) is 7.30. The van der Waals surface area contributed by atoms with Crippen LogP contribution in [-0.4, -0.2) is 34.3 Å². The number of aromatic hydroxyl groups is 1. The Bertz CT molecular complexity index is 900. The third-order valence-corrected chi connectivity index (χ3v) is 5.67. The number of carbonyl (C=O) groups excluding carboxylic acids is 3. The number of hydrogen-bond donors (Lipinski definition) is 2. The Labute approximate surface area is 157 Å². The molecule has 1 saturated carbocycles. The van der Waals surface area contributed by atoms with Gasteiger partial charge >= 0.3 is 0 Å². The number of phenolic OH excluding ortho intramolecular Hbond substituents is 1. The zero-order chi connectivity index (χ0) is 19.0. The largest absolute Gasteiger partial charge is 0.506 e. The maximum Gasteiger partial charge on any atom is 0.233 e. The third-order valence-electron chi connectivity index (χ3n) is 5.67. The summed E-state index contributed by atoms with van der Waals surface area (Å²) in [6, 6.07) is 10.8. The normalized spacial score (nSPS) is 22.1. The van der Waals surface area contributed by atoms with Crippen molar-refractivity contribution in [2.24, 2.45) is 11.8 Å². The summed E-state index contributed by atoms with van der Waals surface area (Å²) in [5, 5.41) is 14.5. The molecule has 2 aliphatic rings. The number of likely N-dealkylation sites (tertiary alicyclic amines) is 1. The first-order valence-electron chi connectivity index (χ1n) is 9.42. The van der Waals surface area contributed by atoms with Crippen LogP contribution in [0.3, 0.4) is 0 Å². The van der Waals surface area contributed by atoms with E-state index in [9.17, 15) is 19.5 Å². The van der Waals surface area contributed by atoms with E-state index in [4.69, 9.17) is 0 Å². The highest BCUT2D eigenvalue weighted by atomic mass is 16.3. The number of amides is 3. The van der Waals surface area contributed by atoms with Gasteiger partial charge in [-0.05, 0) is 24.3 Å². The quantitative estimate of drug-likeness (QED) is 0.643. The lowest BCUT2D eigenvalue weighted by molar-refractivity contribution is -0.140. The lowest BCUT2D eigenvalue weighted by atomic mass is 9.81. The average Bonchev–Trinajstić information content (AvgIpc) is 2.93. The van der Waals surface area contributed by atoms with Gasteiger partial charge in [0.05, 0.1) is 17.5 Å². The molecule has 1 heterocycles. The molecule has 2 aromatic rings. The van der Waals surface area contributed by atoms with Crippen LogP contribution in [0, 0.1) is 11.8 Å². The number of hydrogen-bond acceptors (Lipinski definition) is 4. The minimum atomic E-state index is -0.336. The van der Waals surface area contributed by atoms with E-state index in [1.54, 1.807) is 6.07 Å². The van der Waals surface area contributed by atoms with Crippen LogP contribution in [0.2, 0.25) is 0 Å². The Morgan fingerprint density at radius 3 is 2.41 bits per heavy atom. The molecule has 1 aliphatic carbocycles. The molecule has 1 saturated heterocycles. The van der Waals surface area contributed by atoms with Crippen molar-refractivity contribution < 1.29 is 19.5 Å². The second-order valence-electron chi connectivity index (χ2n) is 7.30. The van der Waals surface area contributed by atoms with Crippen LogP contribution in [0.1, 0.15) is 32.1 Å². The third kappa shape index (κ3) is 3.16. The van der Waals surface area contributed by atoms with E-state index < -0.39 is 0 Å². The Hall–Kier alpha value is -2.89. The molecule has 0 spiro atoms. The topological polar surface area (TPSA) is 86.7 Å². The molecule has 3 amide bonds. The van der Waals surface area contributed by atoms with E-state index in [0.29, 0.717) is 5.69 Å². The highest BCUT2D eigenvalue weighted by Crippen LogP contribution is 2.38. The van der Waals surface area contributed by atoms with Gasteiger partial charge in [0.25, 0.3) is 0 Å². The van der Waals surface area contributed by atoms with E-state index in [0.717, 1.165) is 36.5 Å². The van der Waals surface area contributed by atoms with Crippen molar-refractivity contribution >= 4 is 34.2 Å². The fourth-order valence-electron chi connectivity index (χ4n) is 4.26. The fraction of sp³-hybridized carbons (Fsp3) is 0.381. The zero-order valence-corrected chi connectivity index (χ0v) is 15.0. The molecular formula is C21H22N2O4. The van der Waals surface area contributed by atoms with Gasteiger partial charge in [-0.15, -0.1) is 0 Å². The molecule has 27 heavy (non-hydrogen) atoms. The van der Waals surface area contributed by atoms with Crippen LogP contribution in [0.4, 0.5) is 5.69 Å². The van der Waals surface area contributed by atoms with Gasteiger partial charge in [-0.25, -0.2) is 0 Å². The average molecular weight is 366 g/mol. The number of benzene rings is 2. The molecule has 140 valence electrons. The number of nitrogens with one attached hydrogen (secondary N) is 1. The maximum absolute atomic E-state index is 12.5. The Morgan fingerprint density at radius 1 is 1.04 bits per heavy atom. The van der Waals surface area contributed by atoms with Gasteiger partial charge in [0.15, 0.2) is 0 Å². The standard InChI is InChI=1S/C21H22N2O4/c24-17-10-9-13-5-1-2-6-14(13)19(17)22-18(25)11-12-23-20(26)15-7-3-4-8-16(15)21(23)27/h1-2,5-6,9-10,15-16,24H,3-4,7-8,11-12H2,(H,22,25)/t15-,16-/m0/s1. The van der Waals surface area contributed by atoms with Crippen LogP contribution in [0.5, 0.6) is 5.75 Å². The van der Waals surface area contributed by atoms with Crippen LogP contribution >= 0.6 is 0 Å². The van der Waals surface area contributed by atoms with Crippen molar-refractivity contribution in [2.75, 3.05) is 11.9 Å². The van der Waals surface area contributed by atoms with E-state index >= 15 is 0 Å². The molecule has 2 fully saturated rings. The summed E-state index contributed by atoms with van der Waals surface area (Å²) in [5.41, 5.74) is 0.353. The smallest absolute Gasteiger partial charge is 0.233 e. The summed E-state index contributed by atoms with van der Waals surface area (Å²) < 4.78 is 0. The predicted octanol–water partition coefficient (Wildman–Crippen LogP) is 3.05. The summed E-state index contributed by atoms with van der Waals surface area (Å²) in [6.45, 7) is 0.0853. The lowest BCUT2D eigenvalue weighted by Gasteiger charge is -2.19. The summed E-state index contributed by atoms with van der Waals surface area (Å²) in [5.74, 6) is -1.01. The maximum atomic E-state index is 12.5. The first kappa shape index (κ1) is 17.5. The molecule has 1 aliphatic heterocycles. The minimum absolute atomic E-state index is 0.0126. The predicted molar refractivity (Wildman–Crippen MR) is 101 cm³/mol. The minimum Gasteiger partial charge on any atom is -0.506 e. The molecule has 2 atom stereocenters. The monoisotopic (exact) mass is 366 g/mol. The van der Waals surface area contributed by atoms with Gasteiger partial charge in [0.2, 0.25) is 17.7 Å². The van der Waals surface area contributed by atoms with E-state index in [2.05, 4.69) is 5.32 Å². The number of phenols is 1. The summed E-state index contributed by atoms with van der Waals surface area (Å²) in [4.78, 5) is 38.6. The number of nitrogens with zero attached hydrogens (tertiary/aromatic N) is 1. The van der Waals surface area contributed by atoms with Gasteiger partial charge in [-0.1, -0.05) is 43.2 Å². The summed E-state index contributed by atoms with van der Waals surface area (Å²) >= 11 is 0. The number of imide groups is 1. The summed E-state index contributed by atoms with van der Waals surface area (Å²) in [6.07, 6.45) is 3.51. The second kappa shape index (κ2) is 7.02. The molecule has 6 nitrogen and oxygen atoms in total. The van der Waals surface area contributed by atoms with E-state index in [1.165, 1.54) is 11.0 Å². The molecule has 0 unspecified atom stereocenters. The molecule has 6 heteroatoms. The van der Waals surface area contributed by atoms with Gasteiger partial charge in [-0.3, -0.25) is 19.3 Å². The first-order chi connectivity index (χ1) is 13.1. The van der Waals surface area contributed by atoms with Crippen molar-refractivity contribution in [3.05, 3.63) is 36.4 Å². The molecule has 4 rings (SSSR count). The molecule has 2 N–H and O–H groups in total. The highest BCUT2D eigenvalue weighted by Gasteiger charge is 2.47. The van der Waals surface area contributed by atoms with Crippen LogP contribution in [-0.2, 0) is 14.4 Å². The van der Waals surface area contributed by atoms with Crippen molar-refractivity contribution in [3.8, 4) is 5.75 Å². The Morgan fingerprint density at radius 2 is 1.70 bits per heavy atom. The van der Waals surface area contributed by atoms with Gasteiger partial charge in [0, 0.05) is 18.4 Å². The Kier molecular flexibility index (Phi) is 4.56. The number of carbonyl (C=O) groups is 3. The molecular weight excluding hydrogens is 344 g/mol. The Balaban J connectivity index is 1.44. The highest BCUT2D eigenvalue weighted by molar-refractivity contribution is 6.07. The van der Waals surface area contributed by atoms with Crippen molar-refractivity contribution in [3.63, 3.8) is 0 Å². The zero-order valence-electron chi connectivity index (χ0n) is 15.0. The molecule has 0 bridgehead atoms. The van der Waals surface area contributed by atoms with Gasteiger partial charge < -0.3 is 10.4 Å². The van der Waals surface area contributed by atoms with E-state index in [1.807, 2.05) is 24.3 Å².